The Kier molecular flexibility index (Phi) is 6.89. The number of hydrogen-bond acceptors (Lipinski definition) is 4. The highest BCUT2D eigenvalue weighted by atomic mass is 32.3. The van der Waals surface area contributed by atoms with Crippen molar-refractivity contribution in [1.29, 1.82) is 0 Å². The Morgan fingerprint density at radius 2 is 1.81 bits per heavy atom. The van der Waals surface area contributed by atoms with Crippen LogP contribution in [0.5, 0.6) is 0 Å². The topological polar surface area (TPSA) is 44.8 Å². The van der Waals surface area contributed by atoms with Gasteiger partial charge in [-0.2, -0.15) is 36.4 Å². The number of halogens is 7. The van der Waals surface area contributed by atoms with E-state index in [4.69, 9.17) is 0 Å². The van der Waals surface area contributed by atoms with Crippen LogP contribution in [0.1, 0.15) is 19.8 Å². The standard InChI is InChI=1S/C14H19F7O4S/c1-4-5-6-26(2,3)10(16)9(15)7-24-12(8-23-11(22)25-12)13(17,18)14(19,20)21/h4-8H2,1-3H3/b10-9-. The predicted molar refractivity (Wildman–Crippen MR) is 80.6 cm³/mol. The van der Waals surface area contributed by atoms with Crippen LogP contribution in [0.4, 0.5) is 35.5 Å². The minimum absolute atomic E-state index is 0.296. The third-order valence-corrected chi connectivity index (χ3v) is 6.10. The van der Waals surface area contributed by atoms with Crippen LogP contribution in [0.3, 0.4) is 0 Å². The summed E-state index contributed by atoms with van der Waals surface area (Å²) in [5.41, 5.74) is 0. The molecule has 0 radical (unpaired) electrons. The van der Waals surface area contributed by atoms with Gasteiger partial charge in [0.2, 0.25) is 0 Å². The Hall–Kier alpha value is -1.17. The smallest absolute Gasteiger partial charge is 0.427 e. The number of carbonyl (C=O) groups is 1. The van der Waals surface area contributed by atoms with Crippen molar-refractivity contribution in [3.8, 4) is 0 Å². The Bertz CT molecular complexity index is 562. The monoisotopic (exact) mass is 416 g/mol. The molecule has 1 atom stereocenters. The van der Waals surface area contributed by atoms with Gasteiger partial charge in [0.05, 0.1) is 0 Å². The van der Waals surface area contributed by atoms with E-state index in [1.54, 1.807) is 0 Å². The fourth-order valence-corrected chi connectivity index (χ4v) is 3.86. The zero-order valence-corrected chi connectivity index (χ0v) is 15.0. The van der Waals surface area contributed by atoms with Crippen LogP contribution in [0.15, 0.2) is 11.0 Å². The zero-order chi connectivity index (χ0) is 20.4. The number of cyclic esters (lactones) is 2. The van der Waals surface area contributed by atoms with Gasteiger partial charge in [0.15, 0.2) is 17.6 Å². The van der Waals surface area contributed by atoms with Crippen LogP contribution < -0.4 is 0 Å². The second-order valence-electron chi connectivity index (χ2n) is 6.03. The molecule has 0 amide bonds. The molecule has 1 fully saturated rings. The minimum atomic E-state index is -6.18. The first-order valence-electron chi connectivity index (χ1n) is 7.39. The fraction of sp³-hybridized carbons (Fsp3) is 0.786. The van der Waals surface area contributed by atoms with E-state index >= 15 is 0 Å². The van der Waals surface area contributed by atoms with Gasteiger partial charge in [0.1, 0.15) is 6.61 Å². The second-order valence-corrected chi connectivity index (χ2v) is 9.87. The molecular formula is C14H19F7O4S. The van der Waals surface area contributed by atoms with Gasteiger partial charge in [-0.05, 0) is 24.7 Å². The molecule has 26 heavy (non-hydrogen) atoms. The highest BCUT2D eigenvalue weighted by Gasteiger charge is 2.76. The Morgan fingerprint density at radius 3 is 2.23 bits per heavy atom. The first-order chi connectivity index (χ1) is 11.7. The third-order valence-electron chi connectivity index (χ3n) is 3.60. The molecule has 1 aliphatic rings. The van der Waals surface area contributed by atoms with Gasteiger partial charge in [-0.25, -0.2) is 9.18 Å². The molecule has 1 rings (SSSR count). The van der Waals surface area contributed by atoms with Crippen LogP contribution in [0.2, 0.25) is 0 Å². The fourth-order valence-electron chi connectivity index (χ4n) is 2.01. The molecule has 0 N–H and O–H groups in total. The lowest BCUT2D eigenvalue weighted by atomic mass is 10.1. The molecule has 4 nitrogen and oxygen atoms in total. The van der Waals surface area contributed by atoms with Gasteiger partial charge in [0, 0.05) is 0 Å². The average Bonchev–Trinajstić information content (AvgIpc) is 2.91. The number of hydrogen-bond donors (Lipinski definition) is 0. The highest BCUT2D eigenvalue weighted by Crippen LogP contribution is 2.52. The molecule has 1 saturated heterocycles. The van der Waals surface area contributed by atoms with E-state index in [0.717, 1.165) is 0 Å². The van der Waals surface area contributed by atoms with Gasteiger partial charge in [-0.15, -0.1) is 0 Å². The Labute approximate surface area is 147 Å². The summed E-state index contributed by atoms with van der Waals surface area (Å²) in [5, 5.41) is -1.26. The normalized spacial score (nSPS) is 23.4. The molecule has 0 aromatic rings. The molecule has 154 valence electrons. The summed E-state index contributed by atoms with van der Waals surface area (Å²) in [4.78, 5) is 10.9. The van der Waals surface area contributed by atoms with Crippen molar-refractivity contribution in [3.05, 3.63) is 11.0 Å². The summed E-state index contributed by atoms with van der Waals surface area (Å²) in [5.74, 6) is -11.0. The maximum atomic E-state index is 14.2. The number of carbonyl (C=O) groups excluding carboxylic acids is 1. The molecular weight excluding hydrogens is 397 g/mol. The third kappa shape index (κ3) is 4.56. The van der Waals surface area contributed by atoms with E-state index in [0.29, 0.717) is 18.6 Å². The van der Waals surface area contributed by atoms with Crippen molar-refractivity contribution in [2.24, 2.45) is 0 Å². The molecule has 0 spiro atoms. The molecule has 0 bridgehead atoms. The van der Waals surface area contributed by atoms with Gasteiger partial charge >= 0.3 is 24.0 Å². The van der Waals surface area contributed by atoms with Crippen molar-refractivity contribution in [2.45, 2.75) is 37.7 Å². The first kappa shape index (κ1) is 22.9. The molecule has 12 heteroatoms. The molecule has 0 aliphatic carbocycles. The lowest BCUT2D eigenvalue weighted by molar-refractivity contribution is -0.392. The summed E-state index contributed by atoms with van der Waals surface area (Å²) in [6.07, 6.45) is -3.88. The molecule has 0 aromatic heterocycles. The number of unbranched alkanes of at least 4 members (excludes halogenated alkanes) is 1. The highest BCUT2D eigenvalue weighted by molar-refractivity contribution is 8.35. The van der Waals surface area contributed by atoms with Crippen molar-refractivity contribution in [1.82, 2.24) is 0 Å². The summed E-state index contributed by atoms with van der Waals surface area (Å²) in [6.45, 7) is -1.37. The first-order valence-corrected chi connectivity index (χ1v) is 10.0. The van der Waals surface area contributed by atoms with Crippen LogP contribution >= 0.6 is 10.0 Å². The average molecular weight is 416 g/mol. The van der Waals surface area contributed by atoms with Crippen LogP contribution in [-0.4, -0.2) is 55.5 Å². The van der Waals surface area contributed by atoms with E-state index in [2.05, 4.69) is 14.2 Å². The van der Waals surface area contributed by atoms with E-state index in [-0.39, 0.29) is 0 Å². The molecule has 0 saturated carbocycles. The van der Waals surface area contributed by atoms with Gasteiger partial charge in [-0.1, -0.05) is 13.3 Å². The summed E-state index contributed by atoms with van der Waals surface area (Å²) >= 11 is 0. The van der Waals surface area contributed by atoms with Gasteiger partial charge in [-0.3, -0.25) is 0 Å². The maximum absolute atomic E-state index is 14.2. The molecule has 1 heterocycles. The van der Waals surface area contributed by atoms with Crippen molar-refractivity contribution in [2.75, 3.05) is 31.5 Å². The van der Waals surface area contributed by atoms with Crippen molar-refractivity contribution in [3.63, 3.8) is 0 Å². The zero-order valence-electron chi connectivity index (χ0n) is 14.2. The van der Waals surface area contributed by atoms with E-state index < -0.39 is 58.3 Å². The second kappa shape index (κ2) is 7.83. The van der Waals surface area contributed by atoms with Crippen LogP contribution in [0, 0.1) is 0 Å². The van der Waals surface area contributed by atoms with E-state index in [1.807, 2.05) is 6.92 Å². The van der Waals surface area contributed by atoms with Gasteiger partial charge in [0.25, 0.3) is 0 Å². The van der Waals surface area contributed by atoms with Crippen LogP contribution in [0.25, 0.3) is 0 Å². The lowest BCUT2D eigenvalue weighted by Crippen LogP contribution is -2.60. The lowest BCUT2D eigenvalue weighted by Gasteiger charge is -2.34. The van der Waals surface area contributed by atoms with Crippen molar-refractivity contribution < 1.29 is 49.7 Å². The quantitative estimate of drug-likeness (QED) is 0.411. The van der Waals surface area contributed by atoms with Crippen molar-refractivity contribution >= 4 is 16.2 Å². The molecule has 1 unspecified atom stereocenters. The Balaban J connectivity index is 3.05. The number of ether oxygens (including phenoxy) is 3. The SMILES string of the molecule is CCCCS(C)(C)/C(F)=C(\F)COC1(C(F)(F)C(F)(F)F)COC(=O)O1. The summed E-state index contributed by atoms with van der Waals surface area (Å²) in [7, 11) is -2.25. The minimum Gasteiger partial charge on any atom is -0.427 e. The Morgan fingerprint density at radius 1 is 1.23 bits per heavy atom. The van der Waals surface area contributed by atoms with E-state index in [9.17, 15) is 35.5 Å². The van der Waals surface area contributed by atoms with Crippen LogP contribution in [-0.2, 0) is 14.2 Å². The van der Waals surface area contributed by atoms with E-state index in [1.165, 1.54) is 12.5 Å². The molecule has 0 aromatic carbocycles. The summed E-state index contributed by atoms with van der Waals surface area (Å²) in [6, 6.07) is 0. The number of alkyl halides is 5. The predicted octanol–water partition coefficient (Wildman–Crippen LogP) is 5.04. The summed E-state index contributed by atoms with van der Waals surface area (Å²) < 4.78 is 106. The maximum Gasteiger partial charge on any atom is 0.511 e. The number of rotatable bonds is 8. The largest absolute Gasteiger partial charge is 0.511 e. The van der Waals surface area contributed by atoms with Gasteiger partial charge < -0.3 is 14.2 Å². The molecule has 1 aliphatic heterocycles.